The number of quaternary nitrogens is 1. The van der Waals surface area contributed by atoms with Crippen molar-refractivity contribution in [3.63, 3.8) is 0 Å². The van der Waals surface area contributed by atoms with Crippen LogP contribution in [-0.4, -0.2) is 54.0 Å². The molecule has 0 spiro atoms. The number of hydroxylamine groups is 4. The number of aliphatic hydroxyl groups is 2. The van der Waals surface area contributed by atoms with E-state index in [1.165, 1.54) is 7.11 Å². The molecule has 0 aliphatic heterocycles. The van der Waals surface area contributed by atoms with Gasteiger partial charge in [0.1, 0.15) is 13.6 Å². The number of allylic oxidation sites excluding steroid dienone is 1. The second-order valence-corrected chi connectivity index (χ2v) is 5.02. The molecule has 9 heteroatoms. The number of nitrogens with two attached hydrogens (primary N) is 1. The maximum absolute atomic E-state index is 9.54. The Bertz CT molecular complexity index is 312. The van der Waals surface area contributed by atoms with Gasteiger partial charge in [-0.15, -0.1) is 0 Å². The predicted molar refractivity (Wildman–Crippen MR) is 76.4 cm³/mol. The lowest BCUT2D eigenvalue weighted by atomic mass is 10.0. The molecule has 126 valence electrons. The van der Waals surface area contributed by atoms with Gasteiger partial charge in [0.05, 0.1) is 7.11 Å². The molecule has 7 N–H and O–H groups in total. The van der Waals surface area contributed by atoms with Crippen LogP contribution >= 0.6 is 0 Å². The molecule has 0 amide bonds. The summed E-state index contributed by atoms with van der Waals surface area (Å²) in [6.07, 6.45) is 2.21. The van der Waals surface area contributed by atoms with Crippen LogP contribution in [0.1, 0.15) is 26.2 Å². The molecule has 0 fully saturated rings. The second-order valence-electron chi connectivity index (χ2n) is 5.02. The SMILES string of the molecule is CO[N+](C)(O)CCCNNCCC[C@H](C)/C(O)=C(\O)ON. The van der Waals surface area contributed by atoms with Crippen LogP contribution in [0.2, 0.25) is 0 Å². The first kappa shape index (κ1) is 19.9. The number of hydrogen-bond acceptors (Lipinski definition) is 8. The normalized spacial score (nSPS) is 17.0. The van der Waals surface area contributed by atoms with Crippen molar-refractivity contribution in [3.8, 4) is 0 Å². The molecule has 0 heterocycles. The highest BCUT2D eigenvalue weighted by Gasteiger charge is 2.17. The Morgan fingerprint density at radius 2 is 1.81 bits per heavy atom. The zero-order valence-electron chi connectivity index (χ0n) is 13.0. The Morgan fingerprint density at radius 1 is 1.24 bits per heavy atom. The first-order chi connectivity index (χ1) is 9.84. The number of nitrogens with one attached hydrogen (secondary N) is 2. The third kappa shape index (κ3) is 9.45. The van der Waals surface area contributed by atoms with Crippen LogP contribution in [0.15, 0.2) is 11.7 Å². The fraction of sp³-hybridized carbons (Fsp3) is 0.833. The van der Waals surface area contributed by atoms with Crippen LogP contribution in [-0.2, 0) is 9.68 Å². The number of rotatable bonds is 12. The van der Waals surface area contributed by atoms with E-state index >= 15 is 0 Å². The zero-order valence-corrected chi connectivity index (χ0v) is 13.0. The molecule has 0 aromatic heterocycles. The predicted octanol–water partition coefficient (Wildman–Crippen LogP) is 0.460. The van der Waals surface area contributed by atoms with Gasteiger partial charge in [0.25, 0.3) is 0 Å². The number of aliphatic hydroxyl groups excluding tert-OH is 2. The molecule has 9 nitrogen and oxygen atoms in total. The van der Waals surface area contributed by atoms with Crippen molar-refractivity contribution in [2.45, 2.75) is 26.2 Å². The Balaban J connectivity index is 3.57. The summed E-state index contributed by atoms with van der Waals surface area (Å²) in [5.41, 5.74) is 6.06. The summed E-state index contributed by atoms with van der Waals surface area (Å²) < 4.78 is 0. The van der Waals surface area contributed by atoms with Crippen LogP contribution in [0.4, 0.5) is 0 Å². The number of hydrazine groups is 1. The quantitative estimate of drug-likeness (QED) is 0.133. The molecular formula is C12H29N4O5+. The third-order valence-corrected chi connectivity index (χ3v) is 3.13. The third-order valence-electron chi connectivity index (χ3n) is 3.13. The van der Waals surface area contributed by atoms with Gasteiger partial charge in [-0.1, -0.05) is 6.92 Å². The topological polar surface area (TPSA) is 129 Å². The van der Waals surface area contributed by atoms with Crippen LogP contribution in [0.5, 0.6) is 0 Å². The van der Waals surface area contributed by atoms with Gasteiger partial charge >= 0.3 is 5.95 Å². The minimum absolute atomic E-state index is 0.232. The lowest BCUT2D eigenvalue weighted by Gasteiger charge is -2.20. The molecule has 0 bridgehead atoms. The van der Waals surface area contributed by atoms with Gasteiger partial charge in [-0.2, -0.15) is 15.9 Å². The van der Waals surface area contributed by atoms with Crippen molar-refractivity contribution < 1.29 is 29.9 Å². The standard InChI is InChI=1S/C12H28N4O5/c1-10(11(17)12(18)21-13)6-4-7-14-15-8-5-9-16(2,19)20-3/h10,14-15,19H,4-9,13H2,1-3H3,(H-,17,18)/p+1/b12-11-/t10-,16?/m0/s1. The first-order valence-corrected chi connectivity index (χ1v) is 6.92. The van der Waals surface area contributed by atoms with E-state index in [0.29, 0.717) is 26.1 Å². The smallest absolute Gasteiger partial charge is 0.335 e. The largest absolute Gasteiger partial charge is 0.505 e. The molecule has 2 atom stereocenters. The van der Waals surface area contributed by atoms with Gasteiger partial charge in [-0.25, -0.2) is 0 Å². The van der Waals surface area contributed by atoms with E-state index in [4.69, 9.17) is 15.8 Å². The molecule has 0 saturated heterocycles. The highest BCUT2D eigenvalue weighted by molar-refractivity contribution is 4.95. The Labute approximate surface area is 125 Å². The van der Waals surface area contributed by atoms with E-state index in [2.05, 4.69) is 15.7 Å². The Hall–Kier alpha value is -1.10. The zero-order chi connectivity index (χ0) is 16.3. The van der Waals surface area contributed by atoms with Crippen molar-refractivity contribution in [2.24, 2.45) is 11.8 Å². The van der Waals surface area contributed by atoms with Gasteiger partial charge in [0, 0.05) is 25.4 Å². The molecule has 0 aromatic rings. The van der Waals surface area contributed by atoms with Crippen LogP contribution < -0.4 is 16.7 Å². The van der Waals surface area contributed by atoms with Crippen LogP contribution in [0.25, 0.3) is 0 Å². The second kappa shape index (κ2) is 10.6. The maximum atomic E-state index is 9.54. The molecular weight excluding hydrogens is 280 g/mol. The summed E-state index contributed by atoms with van der Waals surface area (Å²) in [5.74, 6) is 3.64. The number of nitrogens with zero attached hydrogens (tertiary/aromatic N) is 1. The van der Waals surface area contributed by atoms with Crippen molar-refractivity contribution in [3.05, 3.63) is 11.7 Å². The van der Waals surface area contributed by atoms with E-state index < -0.39 is 10.8 Å². The number of hydrogen-bond donors (Lipinski definition) is 6. The van der Waals surface area contributed by atoms with E-state index in [0.717, 1.165) is 12.8 Å². The van der Waals surface area contributed by atoms with E-state index in [-0.39, 0.29) is 11.7 Å². The van der Waals surface area contributed by atoms with E-state index in [1.807, 2.05) is 0 Å². The first-order valence-electron chi connectivity index (χ1n) is 6.92. The summed E-state index contributed by atoms with van der Waals surface area (Å²) >= 11 is 0. The Morgan fingerprint density at radius 3 is 2.33 bits per heavy atom. The lowest BCUT2D eigenvalue weighted by molar-refractivity contribution is -1.23. The summed E-state index contributed by atoms with van der Waals surface area (Å²) in [5, 5.41) is 28.2. The highest BCUT2D eigenvalue weighted by Crippen LogP contribution is 2.16. The van der Waals surface area contributed by atoms with Crippen LogP contribution in [0.3, 0.4) is 0 Å². The summed E-state index contributed by atoms with van der Waals surface area (Å²) in [6.45, 7) is 3.65. The van der Waals surface area contributed by atoms with Gasteiger partial charge in [-0.3, -0.25) is 10.9 Å². The summed E-state index contributed by atoms with van der Waals surface area (Å²) in [6, 6.07) is 0. The molecule has 0 rings (SSSR count). The molecule has 0 aliphatic rings. The molecule has 1 unspecified atom stereocenters. The van der Waals surface area contributed by atoms with Gasteiger partial charge in [0.15, 0.2) is 5.76 Å². The Kier molecular flexibility index (Phi) is 10.0. The lowest BCUT2D eigenvalue weighted by Crippen LogP contribution is -2.42. The van der Waals surface area contributed by atoms with E-state index in [1.54, 1.807) is 14.0 Å². The van der Waals surface area contributed by atoms with E-state index in [9.17, 15) is 10.3 Å². The summed E-state index contributed by atoms with van der Waals surface area (Å²) in [7, 11) is 3.01. The van der Waals surface area contributed by atoms with Crippen LogP contribution in [0, 0.1) is 5.92 Å². The van der Waals surface area contributed by atoms with Gasteiger partial charge in [0.2, 0.25) is 0 Å². The fourth-order valence-corrected chi connectivity index (χ4v) is 1.63. The molecule has 0 saturated carbocycles. The minimum atomic E-state index is -0.642. The molecule has 0 aromatic carbocycles. The molecule has 21 heavy (non-hydrogen) atoms. The van der Waals surface area contributed by atoms with Crippen molar-refractivity contribution >= 4 is 0 Å². The maximum Gasteiger partial charge on any atom is 0.335 e. The average Bonchev–Trinajstić information content (AvgIpc) is 2.47. The fourth-order valence-electron chi connectivity index (χ4n) is 1.63. The van der Waals surface area contributed by atoms with Crippen molar-refractivity contribution in [1.29, 1.82) is 0 Å². The van der Waals surface area contributed by atoms with Gasteiger partial charge < -0.3 is 15.1 Å². The minimum Gasteiger partial charge on any atom is -0.505 e. The van der Waals surface area contributed by atoms with Crippen molar-refractivity contribution in [1.82, 2.24) is 10.9 Å². The highest BCUT2D eigenvalue weighted by atomic mass is 16.9. The monoisotopic (exact) mass is 309 g/mol. The molecule has 0 aliphatic carbocycles. The van der Waals surface area contributed by atoms with Gasteiger partial charge in [-0.05, 0) is 17.7 Å². The average molecular weight is 309 g/mol. The molecule has 0 radical (unpaired) electrons. The van der Waals surface area contributed by atoms with Crippen molar-refractivity contribution in [2.75, 3.05) is 33.8 Å². The summed E-state index contributed by atoms with van der Waals surface area (Å²) in [4.78, 5) is 8.44.